The van der Waals surface area contributed by atoms with Crippen molar-refractivity contribution in [3.8, 4) is 0 Å². The third-order valence-corrected chi connectivity index (χ3v) is 5.47. The van der Waals surface area contributed by atoms with Gasteiger partial charge in [-0.3, -0.25) is 4.79 Å². The van der Waals surface area contributed by atoms with Gasteiger partial charge in [0.05, 0.1) is 27.6 Å². The Morgan fingerprint density at radius 2 is 1.78 bits per heavy atom. The maximum atomic E-state index is 11.5. The Hall–Kier alpha value is 0.150. The average molecular weight is 586 g/mol. The summed E-state index contributed by atoms with van der Waals surface area (Å²) in [7, 11) is 0. The molecule has 5 nitrogen and oxygen atoms in total. The van der Waals surface area contributed by atoms with E-state index in [9.17, 15) is 14.7 Å². The molecule has 0 aliphatic carbocycles. The van der Waals surface area contributed by atoms with Crippen LogP contribution in [0.3, 0.4) is 0 Å². The van der Waals surface area contributed by atoms with Crippen LogP contribution in [-0.2, 0) is 4.79 Å². The fourth-order valence-electron chi connectivity index (χ4n) is 1.21. The molecule has 0 fully saturated rings. The number of hydrogen-bond donors (Lipinski definition) is 3. The number of anilines is 2. The van der Waals surface area contributed by atoms with Crippen molar-refractivity contribution >= 4 is 91.0 Å². The minimum atomic E-state index is -1.06. The minimum Gasteiger partial charge on any atom is -0.478 e. The number of nitrogens with two attached hydrogens (primary N) is 1. The lowest BCUT2D eigenvalue weighted by atomic mass is 10.1. The summed E-state index contributed by atoms with van der Waals surface area (Å²) in [5, 5.41) is 11.9. The molecule has 1 aromatic rings. The molecule has 8 heteroatoms. The van der Waals surface area contributed by atoms with E-state index in [1.165, 1.54) is 0 Å². The van der Waals surface area contributed by atoms with Gasteiger partial charge in [-0.15, -0.1) is 0 Å². The third kappa shape index (κ3) is 3.18. The summed E-state index contributed by atoms with van der Waals surface area (Å²) in [6.07, 6.45) is 0.320. The molecule has 18 heavy (non-hydrogen) atoms. The van der Waals surface area contributed by atoms with Gasteiger partial charge in [0.15, 0.2) is 0 Å². The summed E-state index contributed by atoms with van der Waals surface area (Å²) in [5.74, 6) is -1.23. The van der Waals surface area contributed by atoms with Gasteiger partial charge >= 0.3 is 5.97 Å². The predicted octanol–water partition coefficient (Wildman–Crippen LogP) is 3.13. The van der Waals surface area contributed by atoms with Crippen LogP contribution >= 0.6 is 67.8 Å². The summed E-state index contributed by atoms with van der Waals surface area (Å²) in [4.78, 5) is 22.7. The minimum absolute atomic E-state index is 0.125. The Morgan fingerprint density at radius 3 is 2.22 bits per heavy atom. The second-order valence-corrected chi connectivity index (χ2v) is 6.55. The SMILES string of the molecule is CCC(=O)Nc1c(I)c(N)c(I)c(C(=O)O)c1I. The number of carboxylic acids is 1. The number of rotatable bonds is 3. The first-order valence-corrected chi connectivity index (χ1v) is 8.03. The number of hydrogen-bond acceptors (Lipinski definition) is 3. The molecule has 0 heterocycles. The molecule has 0 saturated heterocycles. The molecule has 4 N–H and O–H groups in total. The topological polar surface area (TPSA) is 92.4 Å². The van der Waals surface area contributed by atoms with Gasteiger partial charge in [0.1, 0.15) is 0 Å². The zero-order chi connectivity index (χ0) is 14.0. The van der Waals surface area contributed by atoms with E-state index in [0.717, 1.165) is 0 Å². The van der Waals surface area contributed by atoms with Crippen molar-refractivity contribution in [1.82, 2.24) is 0 Å². The largest absolute Gasteiger partial charge is 0.478 e. The first-order chi connectivity index (χ1) is 8.31. The van der Waals surface area contributed by atoms with Crippen LogP contribution in [0, 0.1) is 10.7 Å². The van der Waals surface area contributed by atoms with Crippen molar-refractivity contribution in [2.45, 2.75) is 13.3 Å². The number of aromatic carboxylic acids is 1. The maximum Gasteiger partial charge on any atom is 0.338 e. The molecule has 0 spiro atoms. The highest BCUT2D eigenvalue weighted by molar-refractivity contribution is 14.1. The molecular formula is C10H9I3N2O3. The lowest BCUT2D eigenvalue weighted by Gasteiger charge is -2.15. The van der Waals surface area contributed by atoms with Gasteiger partial charge in [-0.2, -0.15) is 0 Å². The normalized spacial score (nSPS) is 10.2. The van der Waals surface area contributed by atoms with Gasteiger partial charge in [-0.05, 0) is 67.8 Å². The predicted molar refractivity (Wildman–Crippen MR) is 94.9 cm³/mol. The molecule has 1 amide bonds. The second-order valence-electron chi connectivity index (χ2n) is 3.31. The lowest BCUT2D eigenvalue weighted by molar-refractivity contribution is -0.115. The van der Waals surface area contributed by atoms with Crippen molar-refractivity contribution in [2.75, 3.05) is 11.1 Å². The van der Waals surface area contributed by atoms with Crippen molar-refractivity contribution in [3.05, 3.63) is 16.3 Å². The van der Waals surface area contributed by atoms with Crippen molar-refractivity contribution in [3.63, 3.8) is 0 Å². The average Bonchev–Trinajstić information content (AvgIpc) is 2.31. The summed E-state index contributed by atoms with van der Waals surface area (Å²) < 4.78 is 1.64. The van der Waals surface area contributed by atoms with Gasteiger partial charge < -0.3 is 16.2 Å². The van der Waals surface area contributed by atoms with Crippen molar-refractivity contribution in [1.29, 1.82) is 0 Å². The van der Waals surface area contributed by atoms with Crippen LogP contribution in [0.1, 0.15) is 23.7 Å². The van der Waals surface area contributed by atoms with Crippen LogP contribution in [0.5, 0.6) is 0 Å². The number of amides is 1. The standard InChI is InChI=1S/C10H9I3N2O3/c1-2-3(16)15-9-6(12)4(10(17)18)5(11)8(14)7(9)13/h2,14H2,1H3,(H,15,16)(H,17,18). The van der Waals surface area contributed by atoms with Gasteiger partial charge in [-0.1, -0.05) is 6.92 Å². The zero-order valence-corrected chi connectivity index (χ0v) is 15.7. The summed E-state index contributed by atoms with van der Waals surface area (Å²) in [6.45, 7) is 1.73. The highest BCUT2D eigenvalue weighted by atomic mass is 127. The molecule has 1 aromatic carbocycles. The Morgan fingerprint density at radius 1 is 1.22 bits per heavy atom. The number of nitrogens with one attached hydrogen (secondary N) is 1. The van der Waals surface area contributed by atoms with E-state index < -0.39 is 5.97 Å². The monoisotopic (exact) mass is 586 g/mol. The smallest absolute Gasteiger partial charge is 0.338 e. The van der Waals surface area contributed by atoms with Crippen LogP contribution in [0.2, 0.25) is 0 Å². The zero-order valence-electron chi connectivity index (χ0n) is 9.18. The summed E-state index contributed by atoms with van der Waals surface area (Å²) in [5.41, 5.74) is 6.85. The molecule has 0 bridgehead atoms. The molecule has 98 valence electrons. The maximum absolute atomic E-state index is 11.5. The number of benzene rings is 1. The van der Waals surface area contributed by atoms with Crippen LogP contribution in [-0.4, -0.2) is 17.0 Å². The Labute approximate surface area is 145 Å². The number of halogens is 3. The van der Waals surface area contributed by atoms with Gasteiger partial charge in [0.25, 0.3) is 0 Å². The van der Waals surface area contributed by atoms with Crippen LogP contribution < -0.4 is 11.1 Å². The summed E-state index contributed by atoms with van der Waals surface area (Å²) >= 11 is 5.82. The number of carbonyl (C=O) groups excluding carboxylic acids is 1. The Bertz CT molecular complexity index is 532. The van der Waals surface area contributed by atoms with Crippen molar-refractivity contribution < 1.29 is 14.7 Å². The highest BCUT2D eigenvalue weighted by Gasteiger charge is 2.23. The first-order valence-electron chi connectivity index (χ1n) is 4.80. The quantitative estimate of drug-likeness (QED) is 0.376. The number of nitrogen functional groups attached to an aromatic ring is 1. The van der Waals surface area contributed by atoms with Gasteiger partial charge in [-0.25, -0.2) is 4.79 Å². The fourth-order valence-corrected chi connectivity index (χ4v) is 5.11. The molecule has 0 aliphatic heterocycles. The first kappa shape index (κ1) is 16.2. The molecule has 1 rings (SSSR count). The van der Waals surface area contributed by atoms with E-state index in [4.69, 9.17) is 5.73 Å². The van der Waals surface area contributed by atoms with E-state index in [1.807, 2.05) is 67.8 Å². The van der Waals surface area contributed by atoms with Gasteiger partial charge in [0.2, 0.25) is 5.91 Å². The van der Waals surface area contributed by atoms with Crippen LogP contribution in [0.25, 0.3) is 0 Å². The van der Waals surface area contributed by atoms with Crippen LogP contribution in [0.4, 0.5) is 11.4 Å². The van der Waals surface area contributed by atoms with E-state index in [0.29, 0.717) is 28.5 Å². The fraction of sp³-hybridized carbons (Fsp3) is 0.200. The van der Waals surface area contributed by atoms with E-state index in [1.54, 1.807) is 6.92 Å². The molecular weight excluding hydrogens is 577 g/mol. The molecule has 0 unspecified atom stereocenters. The molecule has 0 saturated carbocycles. The summed E-state index contributed by atoms with van der Waals surface area (Å²) in [6, 6.07) is 0. The third-order valence-electron chi connectivity index (χ3n) is 2.15. The molecule has 0 atom stereocenters. The number of carboxylic acid groups (broad SMARTS) is 1. The van der Waals surface area contributed by atoms with Crippen molar-refractivity contribution in [2.24, 2.45) is 0 Å². The molecule has 0 radical (unpaired) electrons. The Balaban J connectivity index is 3.52. The van der Waals surface area contributed by atoms with E-state index in [2.05, 4.69) is 5.32 Å². The van der Waals surface area contributed by atoms with Crippen LogP contribution in [0.15, 0.2) is 0 Å². The molecule has 0 aliphatic rings. The van der Waals surface area contributed by atoms with Gasteiger partial charge in [0, 0.05) is 6.42 Å². The lowest BCUT2D eigenvalue weighted by Crippen LogP contribution is -2.16. The molecule has 0 aromatic heterocycles. The number of carbonyl (C=O) groups is 2. The highest BCUT2D eigenvalue weighted by Crippen LogP contribution is 2.37. The van der Waals surface area contributed by atoms with E-state index >= 15 is 0 Å². The van der Waals surface area contributed by atoms with E-state index in [-0.39, 0.29) is 11.5 Å². The Kier molecular flexibility index (Phi) is 5.89. The second kappa shape index (κ2) is 6.54.